The summed E-state index contributed by atoms with van der Waals surface area (Å²) in [7, 11) is 3.07. The molecule has 5 aliphatic heterocycles. The standard InChI is InChI=1S/C34H41N3O8/c1-4-42-20-18-37-16-13-34(14-17-37)33(39)36-23-24-5-11-28(30(21-24)40-2)44-29-12-6-25(22-31(29)41-3)32(38)35-15-19-43-26-7-9-27(45-34)10-8-26/h5-12,21-22H,4,13-20,23H2,1-3H3,(H,35,38)(H,36,39). The molecule has 3 aromatic carbocycles. The molecule has 11 nitrogen and oxygen atoms in total. The molecule has 0 unspecified atom stereocenters. The van der Waals surface area contributed by atoms with Crippen molar-refractivity contribution in [3.8, 4) is 34.5 Å². The number of likely N-dealkylation sites (tertiary alicyclic amines) is 1. The molecule has 11 heteroatoms. The molecule has 5 aliphatic rings. The Kier molecular flexibility index (Phi) is 10.6. The second-order valence-electron chi connectivity index (χ2n) is 10.8. The molecule has 6 bridgehead atoms. The lowest BCUT2D eigenvalue weighted by molar-refractivity contribution is -0.141. The molecular weight excluding hydrogens is 578 g/mol. The van der Waals surface area contributed by atoms with Crippen LogP contribution in [0.5, 0.6) is 34.5 Å². The number of hydrogen-bond donors (Lipinski definition) is 2. The highest BCUT2D eigenvalue weighted by molar-refractivity contribution is 5.94. The molecule has 2 amide bonds. The maximum Gasteiger partial charge on any atom is 0.264 e. The number of carbonyl (C=O) groups is 2. The van der Waals surface area contributed by atoms with Crippen LogP contribution >= 0.6 is 0 Å². The molecular formula is C34H41N3O8. The molecule has 1 saturated heterocycles. The van der Waals surface area contributed by atoms with Crippen LogP contribution in [-0.2, 0) is 16.1 Å². The van der Waals surface area contributed by atoms with Gasteiger partial charge in [-0.3, -0.25) is 9.59 Å². The summed E-state index contributed by atoms with van der Waals surface area (Å²) in [6.45, 7) is 6.37. The van der Waals surface area contributed by atoms with Crippen molar-refractivity contribution in [2.75, 3.05) is 60.2 Å². The van der Waals surface area contributed by atoms with Crippen LogP contribution in [0.4, 0.5) is 0 Å². The van der Waals surface area contributed by atoms with Crippen molar-refractivity contribution in [1.82, 2.24) is 15.5 Å². The molecule has 240 valence electrons. The number of hydrogen-bond acceptors (Lipinski definition) is 9. The summed E-state index contributed by atoms with van der Waals surface area (Å²) < 4.78 is 35.1. The van der Waals surface area contributed by atoms with Gasteiger partial charge in [-0.1, -0.05) is 6.07 Å². The third kappa shape index (κ3) is 7.98. The summed E-state index contributed by atoms with van der Waals surface area (Å²) in [5.74, 6) is 2.52. The summed E-state index contributed by atoms with van der Waals surface area (Å²) in [6.07, 6.45) is 1.05. The van der Waals surface area contributed by atoms with Crippen LogP contribution in [-0.4, -0.2) is 82.5 Å². The molecule has 5 heterocycles. The van der Waals surface area contributed by atoms with E-state index in [1.165, 1.54) is 7.11 Å². The third-order valence-electron chi connectivity index (χ3n) is 7.95. The van der Waals surface area contributed by atoms with Gasteiger partial charge in [0.1, 0.15) is 18.1 Å². The maximum absolute atomic E-state index is 13.9. The zero-order chi connectivity index (χ0) is 31.6. The Hall–Kier alpha value is -4.48. The van der Waals surface area contributed by atoms with Gasteiger partial charge in [-0.15, -0.1) is 0 Å². The van der Waals surface area contributed by atoms with Crippen molar-refractivity contribution in [3.05, 3.63) is 71.8 Å². The molecule has 2 N–H and O–H groups in total. The molecule has 0 saturated carbocycles. The Morgan fingerprint density at radius 2 is 1.56 bits per heavy atom. The number of nitrogens with zero attached hydrogens (tertiary/aromatic N) is 1. The maximum atomic E-state index is 13.9. The van der Waals surface area contributed by atoms with Gasteiger partial charge in [-0.2, -0.15) is 0 Å². The van der Waals surface area contributed by atoms with Crippen molar-refractivity contribution in [2.24, 2.45) is 0 Å². The molecule has 1 fully saturated rings. The number of piperidine rings is 1. The van der Waals surface area contributed by atoms with Gasteiger partial charge in [0.2, 0.25) is 0 Å². The lowest BCUT2D eigenvalue weighted by Crippen LogP contribution is -2.57. The first-order chi connectivity index (χ1) is 21.9. The Labute approximate surface area is 263 Å². The molecule has 45 heavy (non-hydrogen) atoms. The monoisotopic (exact) mass is 619 g/mol. The smallest absolute Gasteiger partial charge is 0.264 e. The van der Waals surface area contributed by atoms with E-state index in [1.807, 2.05) is 19.1 Å². The lowest BCUT2D eigenvalue weighted by atomic mass is 9.89. The number of fused-ring (bicyclic) bond motifs is 3. The fourth-order valence-corrected chi connectivity index (χ4v) is 5.38. The van der Waals surface area contributed by atoms with E-state index in [9.17, 15) is 9.59 Å². The molecule has 8 rings (SSSR count). The highest BCUT2D eigenvalue weighted by atomic mass is 16.5. The zero-order valence-electron chi connectivity index (χ0n) is 26.1. The second-order valence-corrected chi connectivity index (χ2v) is 10.8. The van der Waals surface area contributed by atoms with Crippen LogP contribution < -0.4 is 34.3 Å². The Bertz CT molecular complexity index is 1450. The normalized spacial score (nSPS) is 17.1. The first-order valence-corrected chi connectivity index (χ1v) is 15.2. The van der Waals surface area contributed by atoms with Crippen molar-refractivity contribution in [3.63, 3.8) is 0 Å². The van der Waals surface area contributed by atoms with Crippen molar-refractivity contribution in [2.45, 2.75) is 31.9 Å². The molecule has 0 atom stereocenters. The summed E-state index contributed by atoms with van der Waals surface area (Å²) in [5.41, 5.74) is 0.210. The van der Waals surface area contributed by atoms with Gasteiger partial charge in [0, 0.05) is 51.2 Å². The Morgan fingerprint density at radius 1 is 0.867 bits per heavy atom. The summed E-state index contributed by atoms with van der Waals surface area (Å²) >= 11 is 0. The van der Waals surface area contributed by atoms with Gasteiger partial charge < -0.3 is 44.0 Å². The minimum Gasteiger partial charge on any atom is -0.493 e. The van der Waals surface area contributed by atoms with Crippen molar-refractivity contribution in [1.29, 1.82) is 0 Å². The molecule has 0 radical (unpaired) electrons. The van der Waals surface area contributed by atoms with Gasteiger partial charge in [0.05, 0.1) is 27.4 Å². The highest BCUT2D eigenvalue weighted by Crippen LogP contribution is 2.38. The van der Waals surface area contributed by atoms with Gasteiger partial charge in [-0.25, -0.2) is 0 Å². The van der Waals surface area contributed by atoms with E-state index in [4.69, 9.17) is 28.4 Å². The van der Waals surface area contributed by atoms with Crippen LogP contribution in [0.3, 0.4) is 0 Å². The van der Waals surface area contributed by atoms with Crippen molar-refractivity contribution >= 4 is 11.8 Å². The molecule has 0 aliphatic carbocycles. The quantitative estimate of drug-likeness (QED) is 0.392. The van der Waals surface area contributed by atoms with E-state index < -0.39 is 5.60 Å². The van der Waals surface area contributed by atoms with Gasteiger partial charge >= 0.3 is 0 Å². The van der Waals surface area contributed by atoms with E-state index in [-0.39, 0.29) is 25.0 Å². The van der Waals surface area contributed by atoms with E-state index in [0.29, 0.717) is 85.8 Å². The van der Waals surface area contributed by atoms with E-state index >= 15 is 0 Å². The zero-order valence-corrected chi connectivity index (χ0v) is 26.1. The van der Waals surface area contributed by atoms with E-state index in [1.54, 1.807) is 55.6 Å². The fraction of sp³-hybridized carbons (Fsp3) is 0.412. The molecule has 3 aromatic rings. The molecule has 1 spiro atoms. The first-order valence-electron chi connectivity index (χ1n) is 15.2. The van der Waals surface area contributed by atoms with E-state index in [2.05, 4.69) is 15.5 Å². The predicted molar refractivity (Wildman–Crippen MR) is 168 cm³/mol. The average Bonchev–Trinajstić information content (AvgIpc) is 3.07. The van der Waals surface area contributed by atoms with Crippen LogP contribution in [0.25, 0.3) is 0 Å². The predicted octanol–water partition coefficient (Wildman–Crippen LogP) is 4.18. The van der Waals surface area contributed by atoms with Gasteiger partial charge in [0.25, 0.3) is 11.8 Å². The Morgan fingerprint density at radius 3 is 2.27 bits per heavy atom. The molecule has 0 aromatic heterocycles. The topological polar surface area (TPSA) is 117 Å². The number of amides is 2. The number of nitrogens with one attached hydrogen (secondary N) is 2. The first kappa shape index (κ1) is 31.9. The van der Waals surface area contributed by atoms with Crippen LogP contribution in [0, 0.1) is 0 Å². The van der Waals surface area contributed by atoms with Gasteiger partial charge in [0.15, 0.2) is 28.6 Å². The van der Waals surface area contributed by atoms with E-state index in [0.717, 1.165) is 12.1 Å². The summed E-state index contributed by atoms with van der Waals surface area (Å²) in [6, 6.07) is 17.6. The van der Waals surface area contributed by atoms with Crippen LogP contribution in [0.2, 0.25) is 0 Å². The third-order valence-corrected chi connectivity index (χ3v) is 7.95. The highest BCUT2D eigenvalue weighted by Gasteiger charge is 2.43. The number of benzene rings is 3. The lowest BCUT2D eigenvalue weighted by Gasteiger charge is -2.40. The average molecular weight is 620 g/mol. The van der Waals surface area contributed by atoms with Gasteiger partial charge in [-0.05, 0) is 67.1 Å². The fourth-order valence-electron chi connectivity index (χ4n) is 5.38. The number of rotatable bonds is 6. The minimum atomic E-state index is -1.04. The number of methoxy groups -OCH3 is 2. The summed E-state index contributed by atoms with van der Waals surface area (Å²) in [4.78, 5) is 29.0. The van der Waals surface area contributed by atoms with Crippen LogP contribution in [0.1, 0.15) is 35.7 Å². The number of ether oxygens (including phenoxy) is 6. The minimum absolute atomic E-state index is 0.175. The van der Waals surface area contributed by atoms with Crippen LogP contribution in [0.15, 0.2) is 60.7 Å². The van der Waals surface area contributed by atoms with Crippen molar-refractivity contribution < 1.29 is 38.0 Å². The largest absolute Gasteiger partial charge is 0.493 e. The summed E-state index contributed by atoms with van der Waals surface area (Å²) in [5, 5.41) is 5.97. The number of carbonyl (C=O) groups excluding carboxylic acids is 2. The second kappa shape index (κ2) is 15.0. The Balaban J connectivity index is 1.41. The SMILES string of the molecule is CCOCCN1CCC2(CC1)Oc1ccc(cc1)OCCNC(=O)c1ccc(c(OC)c1)Oc1ccc(cc1OC)CNC2=O.